The Morgan fingerprint density at radius 1 is 1.44 bits per heavy atom. The summed E-state index contributed by atoms with van der Waals surface area (Å²) in [7, 11) is 0. The van der Waals surface area contributed by atoms with Gasteiger partial charge in [0.15, 0.2) is 0 Å². The Morgan fingerprint density at radius 2 is 2.22 bits per heavy atom. The van der Waals surface area contributed by atoms with Crippen LogP contribution < -0.4 is 0 Å². The van der Waals surface area contributed by atoms with E-state index in [1.807, 2.05) is 6.07 Å². The van der Waals surface area contributed by atoms with Crippen LogP contribution in [0.15, 0.2) is 23.1 Å². The number of rotatable bonds is 3. The van der Waals surface area contributed by atoms with E-state index < -0.39 is 5.97 Å². The summed E-state index contributed by atoms with van der Waals surface area (Å²) in [6, 6.07) is 5.00. The summed E-state index contributed by atoms with van der Waals surface area (Å²) in [5.74, 6) is -0.145. The number of aromatic carboxylic acids is 1. The van der Waals surface area contributed by atoms with Crippen LogP contribution in [0.25, 0.3) is 0 Å². The number of halogens is 1. The van der Waals surface area contributed by atoms with E-state index in [-0.39, 0.29) is 5.56 Å². The van der Waals surface area contributed by atoms with Crippen LogP contribution in [0.4, 0.5) is 0 Å². The van der Waals surface area contributed by atoms with Crippen molar-refractivity contribution in [2.75, 3.05) is 0 Å². The van der Waals surface area contributed by atoms with Crippen molar-refractivity contribution >= 4 is 29.3 Å². The van der Waals surface area contributed by atoms with Crippen molar-refractivity contribution in [3.05, 3.63) is 28.8 Å². The highest BCUT2D eigenvalue weighted by atomic mass is 35.5. The predicted molar refractivity (Wildman–Crippen MR) is 75.7 cm³/mol. The average molecular weight is 285 g/mol. The third kappa shape index (κ3) is 3.42. The molecule has 1 N–H and O–H groups in total. The van der Waals surface area contributed by atoms with Crippen molar-refractivity contribution < 1.29 is 9.90 Å². The van der Waals surface area contributed by atoms with E-state index in [1.165, 1.54) is 25.7 Å². The second kappa shape index (κ2) is 5.98. The van der Waals surface area contributed by atoms with Gasteiger partial charge in [-0.25, -0.2) is 4.79 Å². The van der Waals surface area contributed by atoms with E-state index in [4.69, 9.17) is 16.7 Å². The maximum atomic E-state index is 10.8. The average Bonchev–Trinajstić information content (AvgIpc) is 2.31. The van der Waals surface area contributed by atoms with E-state index >= 15 is 0 Å². The highest BCUT2D eigenvalue weighted by Gasteiger charge is 2.20. The second-order valence-electron chi connectivity index (χ2n) is 4.96. The lowest BCUT2D eigenvalue weighted by atomic mass is 9.91. The van der Waals surface area contributed by atoms with Gasteiger partial charge in [0.1, 0.15) is 0 Å². The monoisotopic (exact) mass is 284 g/mol. The van der Waals surface area contributed by atoms with Crippen molar-refractivity contribution in [1.82, 2.24) is 0 Å². The molecule has 0 radical (unpaired) electrons. The molecule has 0 heterocycles. The molecule has 2 nitrogen and oxygen atoms in total. The number of carboxylic acids is 1. The summed E-state index contributed by atoms with van der Waals surface area (Å²) in [5.41, 5.74) is 0.251. The number of thioether (sulfide) groups is 1. The number of hydrogen-bond donors (Lipinski definition) is 1. The fourth-order valence-corrected chi connectivity index (χ4v) is 4.10. The number of benzene rings is 1. The normalized spacial score (nSPS) is 23.9. The third-order valence-electron chi connectivity index (χ3n) is 3.36. The van der Waals surface area contributed by atoms with E-state index in [0.717, 1.165) is 10.8 Å². The van der Waals surface area contributed by atoms with Crippen LogP contribution >= 0.6 is 23.4 Å². The SMILES string of the molecule is CC1CCCC(Sc2ccc(C(=O)O)cc2Cl)C1. The highest BCUT2D eigenvalue weighted by molar-refractivity contribution is 8.00. The van der Waals surface area contributed by atoms with Gasteiger partial charge >= 0.3 is 5.97 Å². The summed E-state index contributed by atoms with van der Waals surface area (Å²) in [4.78, 5) is 11.8. The first kappa shape index (κ1) is 13.8. The Bertz CT molecular complexity index is 447. The Morgan fingerprint density at radius 3 is 2.83 bits per heavy atom. The van der Waals surface area contributed by atoms with Gasteiger partial charge in [-0.15, -0.1) is 11.8 Å². The molecule has 4 heteroatoms. The van der Waals surface area contributed by atoms with Crippen LogP contribution in [-0.2, 0) is 0 Å². The molecule has 18 heavy (non-hydrogen) atoms. The Balaban J connectivity index is 2.07. The van der Waals surface area contributed by atoms with Crippen LogP contribution in [-0.4, -0.2) is 16.3 Å². The lowest BCUT2D eigenvalue weighted by molar-refractivity contribution is 0.0697. The maximum Gasteiger partial charge on any atom is 0.335 e. The van der Waals surface area contributed by atoms with Crippen LogP contribution in [0.3, 0.4) is 0 Å². The van der Waals surface area contributed by atoms with Crippen molar-refractivity contribution in [2.24, 2.45) is 5.92 Å². The standard InChI is InChI=1S/C14H17ClO2S/c1-9-3-2-4-11(7-9)18-13-6-5-10(14(16)17)8-12(13)15/h5-6,8-9,11H,2-4,7H2,1H3,(H,16,17). The van der Waals surface area contributed by atoms with Crippen molar-refractivity contribution in [2.45, 2.75) is 42.8 Å². The molecule has 2 unspecified atom stereocenters. The molecule has 2 atom stereocenters. The van der Waals surface area contributed by atoms with Crippen molar-refractivity contribution in [3.8, 4) is 0 Å². The first-order valence-corrected chi connectivity index (χ1v) is 7.51. The van der Waals surface area contributed by atoms with Gasteiger partial charge in [-0.1, -0.05) is 31.4 Å². The van der Waals surface area contributed by atoms with Crippen LogP contribution in [0.2, 0.25) is 5.02 Å². The van der Waals surface area contributed by atoms with Gasteiger partial charge in [0, 0.05) is 10.1 Å². The maximum absolute atomic E-state index is 10.8. The van der Waals surface area contributed by atoms with Gasteiger partial charge in [0.2, 0.25) is 0 Å². The minimum absolute atomic E-state index is 0.251. The molecule has 98 valence electrons. The van der Waals surface area contributed by atoms with Crippen molar-refractivity contribution in [1.29, 1.82) is 0 Å². The zero-order valence-corrected chi connectivity index (χ0v) is 11.9. The lowest BCUT2D eigenvalue weighted by Crippen LogP contribution is -2.14. The highest BCUT2D eigenvalue weighted by Crippen LogP contribution is 2.38. The molecule has 0 aliphatic heterocycles. The van der Waals surface area contributed by atoms with Gasteiger partial charge < -0.3 is 5.11 Å². The molecule has 1 fully saturated rings. The first-order chi connectivity index (χ1) is 8.56. The molecule has 0 aromatic heterocycles. The lowest BCUT2D eigenvalue weighted by Gasteiger charge is -2.26. The molecule has 0 spiro atoms. The molecule has 0 amide bonds. The number of carbonyl (C=O) groups is 1. The van der Waals surface area contributed by atoms with Crippen LogP contribution in [0.5, 0.6) is 0 Å². The number of carboxylic acid groups (broad SMARTS) is 1. The summed E-state index contributed by atoms with van der Waals surface area (Å²) >= 11 is 7.94. The molecule has 1 aliphatic carbocycles. The molecular weight excluding hydrogens is 268 g/mol. The van der Waals surface area contributed by atoms with E-state index in [1.54, 1.807) is 23.9 Å². The molecule has 1 aliphatic rings. The van der Waals surface area contributed by atoms with Gasteiger partial charge in [-0.2, -0.15) is 0 Å². The van der Waals surface area contributed by atoms with Crippen LogP contribution in [0.1, 0.15) is 43.0 Å². The molecule has 2 rings (SSSR count). The molecule has 1 saturated carbocycles. The fourth-order valence-electron chi connectivity index (χ4n) is 2.39. The summed E-state index contributed by atoms with van der Waals surface area (Å²) in [6.07, 6.45) is 5.06. The first-order valence-electron chi connectivity index (χ1n) is 6.25. The summed E-state index contributed by atoms with van der Waals surface area (Å²) in [5, 5.41) is 10.1. The number of hydrogen-bond acceptors (Lipinski definition) is 2. The van der Waals surface area contributed by atoms with Gasteiger partial charge in [-0.3, -0.25) is 0 Å². The topological polar surface area (TPSA) is 37.3 Å². The zero-order valence-electron chi connectivity index (χ0n) is 10.4. The summed E-state index contributed by atoms with van der Waals surface area (Å²) < 4.78 is 0. The Labute approximate surface area is 117 Å². The predicted octanol–water partition coefficient (Wildman–Crippen LogP) is 4.71. The quantitative estimate of drug-likeness (QED) is 0.873. The van der Waals surface area contributed by atoms with E-state index in [2.05, 4.69) is 6.92 Å². The Hall–Kier alpha value is -0.670. The summed E-state index contributed by atoms with van der Waals surface area (Å²) in [6.45, 7) is 2.29. The van der Waals surface area contributed by atoms with Gasteiger partial charge in [0.05, 0.1) is 10.6 Å². The fraction of sp³-hybridized carbons (Fsp3) is 0.500. The molecular formula is C14H17ClO2S. The van der Waals surface area contributed by atoms with Gasteiger partial charge in [-0.05, 0) is 37.0 Å². The third-order valence-corrected chi connectivity index (χ3v) is 5.16. The smallest absolute Gasteiger partial charge is 0.335 e. The molecule has 0 saturated heterocycles. The minimum Gasteiger partial charge on any atom is -0.478 e. The van der Waals surface area contributed by atoms with Crippen LogP contribution in [0, 0.1) is 5.92 Å². The minimum atomic E-state index is -0.931. The molecule has 1 aromatic carbocycles. The van der Waals surface area contributed by atoms with E-state index in [0.29, 0.717) is 10.3 Å². The van der Waals surface area contributed by atoms with E-state index in [9.17, 15) is 4.79 Å². The zero-order chi connectivity index (χ0) is 13.1. The molecule has 0 bridgehead atoms. The van der Waals surface area contributed by atoms with Gasteiger partial charge in [0.25, 0.3) is 0 Å². The van der Waals surface area contributed by atoms with Crippen molar-refractivity contribution in [3.63, 3.8) is 0 Å². The second-order valence-corrected chi connectivity index (χ2v) is 6.71. The largest absolute Gasteiger partial charge is 0.478 e. The Kier molecular flexibility index (Phi) is 4.57. The molecule has 1 aromatic rings.